The molecule has 1 aromatic heterocycles. The molecule has 0 unspecified atom stereocenters. The molecule has 1 aromatic carbocycles. The Labute approximate surface area is 125 Å². The second kappa shape index (κ2) is 6.57. The molecule has 1 heterocycles. The van der Waals surface area contributed by atoms with Crippen LogP contribution in [0.4, 0.5) is 5.69 Å². The van der Waals surface area contributed by atoms with E-state index in [0.29, 0.717) is 0 Å². The highest BCUT2D eigenvalue weighted by molar-refractivity contribution is 5.92. The smallest absolute Gasteiger partial charge is 0.227 e. The molecular formula is C17H21N3O. The highest BCUT2D eigenvalue weighted by atomic mass is 16.1. The highest BCUT2D eigenvalue weighted by Gasteiger charge is 2.21. The van der Waals surface area contributed by atoms with Crippen molar-refractivity contribution < 1.29 is 4.79 Å². The van der Waals surface area contributed by atoms with Gasteiger partial charge in [0.2, 0.25) is 5.91 Å². The van der Waals surface area contributed by atoms with Crippen LogP contribution in [0.5, 0.6) is 0 Å². The van der Waals surface area contributed by atoms with Crippen LogP contribution in [0.15, 0.2) is 42.7 Å². The molecule has 1 N–H and O–H groups in total. The lowest BCUT2D eigenvalue weighted by Gasteiger charge is -2.20. The molecule has 0 atom stereocenters. The molecule has 21 heavy (non-hydrogen) atoms. The number of nitrogens with zero attached hydrogens (tertiary/aromatic N) is 2. The van der Waals surface area contributed by atoms with Crippen molar-refractivity contribution >= 4 is 11.6 Å². The fourth-order valence-corrected chi connectivity index (χ4v) is 2.89. The van der Waals surface area contributed by atoms with Gasteiger partial charge < -0.3 is 5.32 Å². The number of amides is 1. The summed E-state index contributed by atoms with van der Waals surface area (Å²) in [6.45, 7) is 0.722. The van der Waals surface area contributed by atoms with E-state index in [4.69, 9.17) is 0 Å². The summed E-state index contributed by atoms with van der Waals surface area (Å²) in [4.78, 5) is 12.2. The molecule has 1 saturated carbocycles. The van der Waals surface area contributed by atoms with E-state index in [0.717, 1.165) is 25.1 Å². The summed E-state index contributed by atoms with van der Waals surface area (Å²) < 4.78 is 1.85. The number of nitrogens with one attached hydrogen (secondary N) is 1. The fourth-order valence-electron chi connectivity index (χ4n) is 2.89. The summed E-state index contributed by atoms with van der Waals surface area (Å²) in [6.07, 6.45) is 9.26. The van der Waals surface area contributed by atoms with Crippen molar-refractivity contribution in [1.29, 1.82) is 0 Å². The van der Waals surface area contributed by atoms with Crippen LogP contribution in [-0.2, 0) is 11.3 Å². The summed E-state index contributed by atoms with van der Waals surface area (Å²) in [6, 6.07) is 10.2. The van der Waals surface area contributed by atoms with Gasteiger partial charge in [-0.05, 0) is 18.4 Å². The van der Waals surface area contributed by atoms with Gasteiger partial charge in [-0.25, -0.2) is 0 Å². The average Bonchev–Trinajstić information content (AvgIpc) is 2.96. The van der Waals surface area contributed by atoms with Crippen LogP contribution < -0.4 is 5.32 Å². The summed E-state index contributed by atoms with van der Waals surface area (Å²) in [5.41, 5.74) is 1.99. The molecule has 2 aromatic rings. The number of anilines is 1. The molecule has 0 aliphatic heterocycles. The normalized spacial score (nSPS) is 15.8. The lowest BCUT2D eigenvalue weighted by Crippen LogP contribution is -2.24. The van der Waals surface area contributed by atoms with Gasteiger partial charge in [0.25, 0.3) is 0 Å². The van der Waals surface area contributed by atoms with E-state index in [1.165, 1.54) is 24.8 Å². The first-order valence-electron chi connectivity index (χ1n) is 7.68. The Balaban J connectivity index is 1.58. The molecule has 0 spiro atoms. The molecule has 110 valence electrons. The molecule has 1 aliphatic carbocycles. The summed E-state index contributed by atoms with van der Waals surface area (Å²) >= 11 is 0. The quantitative estimate of drug-likeness (QED) is 0.934. The van der Waals surface area contributed by atoms with Gasteiger partial charge in [-0.3, -0.25) is 9.48 Å². The number of hydrogen-bond donors (Lipinski definition) is 1. The van der Waals surface area contributed by atoms with Crippen molar-refractivity contribution in [1.82, 2.24) is 9.78 Å². The molecule has 1 aliphatic rings. The van der Waals surface area contributed by atoms with Gasteiger partial charge in [0.15, 0.2) is 0 Å². The standard InChI is InChI=1S/C17H21N3O/c21-17(15-9-5-2-6-10-15)19-16-11-18-20(13-16)12-14-7-3-1-4-8-14/h1,3-4,7-8,11,13,15H,2,5-6,9-10,12H2,(H,19,21). The second-order valence-electron chi connectivity index (χ2n) is 5.74. The highest BCUT2D eigenvalue weighted by Crippen LogP contribution is 2.24. The Hall–Kier alpha value is -2.10. The van der Waals surface area contributed by atoms with Crippen molar-refractivity contribution in [3.05, 3.63) is 48.3 Å². The summed E-state index contributed by atoms with van der Waals surface area (Å²) in [7, 11) is 0. The lowest BCUT2D eigenvalue weighted by atomic mass is 9.89. The fraction of sp³-hybridized carbons (Fsp3) is 0.412. The van der Waals surface area contributed by atoms with E-state index in [-0.39, 0.29) is 11.8 Å². The largest absolute Gasteiger partial charge is 0.323 e. The minimum absolute atomic E-state index is 0.147. The number of carbonyl (C=O) groups is 1. The third-order valence-corrected chi connectivity index (χ3v) is 4.06. The van der Waals surface area contributed by atoms with Crippen LogP contribution in [0, 0.1) is 5.92 Å². The van der Waals surface area contributed by atoms with E-state index >= 15 is 0 Å². The van der Waals surface area contributed by atoms with Gasteiger partial charge in [0, 0.05) is 12.1 Å². The van der Waals surface area contributed by atoms with Crippen LogP contribution in [0.2, 0.25) is 0 Å². The summed E-state index contributed by atoms with van der Waals surface area (Å²) in [5, 5.41) is 7.31. The van der Waals surface area contributed by atoms with Crippen LogP contribution in [-0.4, -0.2) is 15.7 Å². The molecule has 4 heteroatoms. The Bertz CT molecular complexity index is 585. The van der Waals surface area contributed by atoms with Crippen molar-refractivity contribution in [3.63, 3.8) is 0 Å². The van der Waals surface area contributed by atoms with Crippen LogP contribution in [0.3, 0.4) is 0 Å². The van der Waals surface area contributed by atoms with Crippen molar-refractivity contribution in [3.8, 4) is 0 Å². The van der Waals surface area contributed by atoms with Gasteiger partial charge in [-0.2, -0.15) is 5.10 Å². The first-order valence-corrected chi connectivity index (χ1v) is 7.68. The minimum Gasteiger partial charge on any atom is -0.323 e. The zero-order valence-electron chi connectivity index (χ0n) is 12.2. The van der Waals surface area contributed by atoms with Gasteiger partial charge >= 0.3 is 0 Å². The molecular weight excluding hydrogens is 262 g/mol. The zero-order chi connectivity index (χ0) is 14.5. The number of aromatic nitrogens is 2. The van der Waals surface area contributed by atoms with E-state index in [1.54, 1.807) is 6.20 Å². The second-order valence-corrected chi connectivity index (χ2v) is 5.74. The molecule has 0 bridgehead atoms. The first-order chi connectivity index (χ1) is 10.3. The third-order valence-electron chi connectivity index (χ3n) is 4.06. The van der Waals surface area contributed by atoms with Gasteiger partial charge in [-0.1, -0.05) is 49.6 Å². The van der Waals surface area contributed by atoms with Crippen molar-refractivity contribution in [2.24, 2.45) is 5.92 Å². The average molecular weight is 283 g/mol. The Morgan fingerprint density at radius 3 is 2.71 bits per heavy atom. The number of carbonyl (C=O) groups excluding carboxylic acids is 1. The SMILES string of the molecule is O=C(Nc1cnn(Cc2ccccc2)c1)C1CCCCC1. The van der Waals surface area contributed by atoms with E-state index in [2.05, 4.69) is 22.5 Å². The zero-order valence-corrected chi connectivity index (χ0v) is 12.2. The molecule has 0 radical (unpaired) electrons. The van der Waals surface area contributed by atoms with Crippen molar-refractivity contribution in [2.45, 2.75) is 38.6 Å². The van der Waals surface area contributed by atoms with Crippen LogP contribution >= 0.6 is 0 Å². The van der Waals surface area contributed by atoms with Gasteiger partial charge in [0.05, 0.1) is 18.4 Å². The van der Waals surface area contributed by atoms with E-state index < -0.39 is 0 Å². The topological polar surface area (TPSA) is 46.9 Å². The molecule has 1 fully saturated rings. The maximum atomic E-state index is 12.2. The van der Waals surface area contributed by atoms with Gasteiger partial charge in [0.1, 0.15) is 0 Å². The molecule has 3 rings (SSSR count). The monoisotopic (exact) mass is 283 g/mol. The number of benzene rings is 1. The predicted octanol–water partition coefficient (Wildman–Crippen LogP) is 3.45. The van der Waals surface area contributed by atoms with Crippen LogP contribution in [0.25, 0.3) is 0 Å². The van der Waals surface area contributed by atoms with Crippen molar-refractivity contribution in [2.75, 3.05) is 5.32 Å². The summed E-state index contributed by atoms with van der Waals surface area (Å²) in [5.74, 6) is 0.324. The number of rotatable bonds is 4. The minimum atomic E-state index is 0.147. The molecule has 1 amide bonds. The maximum Gasteiger partial charge on any atom is 0.227 e. The Kier molecular flexibility index (Phi) is 4.34. The third kappa shape index (κ3) is 3.72. The lowest BCUT2D eigenvalue weighted by molar-refractivity contribution is -0.120. The Morgan fingerprint density at radius 1 is 1.19 bits per heavy atom. The maximum absolute atomic E-state index is 12.2. The van der Waals surface area contributed by atoms with Crippen LogP contribution in [0.1, 0.15) is 37.7 Å². The Morgan fingerprint density at radius 2 is 1.95 bits per heavy atom. The predicted molar refractivity (Wildman–Crippen MR) is 83.0 cm³/mol. The molecule has 0 saturated heterocycles. The van der Waals surface area contributed by atoms with E-state index in [9.17, 15) is 4.79 Å². The van der Waals surface area contributed by atoms with E-state index in [1.807, 2.05) is 29.1 Å². The first kappa shape index (κ1) is 13.9. The van der Waals surface area contributed by atoms with Gasteiger partial charge in [-0.15, -0.1) is 0 Å². The number of hydrogen-bond acceptors (Lipinski definition) is 2. The molecule has 4 nitrogen and oxygen atoms in total.